The highest BCUT2D eigenvalue weighted by Gasteiger charge is 2.24. The number of nitrogens with zero attached hydrogens (tertiary/aromatic N) is 1. The SMILES string of the molecule is CC(C)(C)OC(=O)N(c1ccccc1)c1ccc(F)cc1. The fourth-order valence-corrected chi connectivity index (χ4v) is 1.83. The van der Waals surface area contributed by atoms with Crippen molar-refractivity contribution in [2.24, 2.45) is 0 Å². The number of halogens is 1. The lowest BCUT2D eigenvalue weighted by Crippen LogP contribution is -2.33. The summed E-state index contributed by atoms with van der Waals surface area (Å²) >= 11 is 0. The molecule has 0 aliphatic rings. The second-order valence-corrected chi connectivity index (χ2v) is 5.63. The number of hydrogen-bond donors (Lipinski definition) is 0. The maximum absolute atomic E-state index is 13.1. The molecular weight excluding hydrogens is 269 g/mol. The summed E-state index contributed by atoms with van der Waals surface area (Å²) in [6, 6.07) is 14.8. The molecule has 0 bridgehead atoms. The molecule has 0 aromatic heterocycles. The molecule has 0 atom stereocenters. The zero-order valence-corrected chi connectivity index (χ0v) is 12.3. The summed E-state index contributed by atoms with van der Waals surface area (Å²) in [7, 11) is 0. The van der Waals surface area contributed by atoms with Crippen molar-refractivity contribution < 1.29 is 13.9 Å². The van der Waals surface area contributed by atoms with Crippen molar-refractivity contribution in [3.05, 3.63) is 60.4 Å². The molecule has 2 aromatic rings. The molecule has 21 heavy (non-hydrogen) atoms. The molecule has 0 fully saturated rings. The topological polar surface area (TPSA) is 29.5 Å². The first kappa shape index (κ1) is 15.0. The lowest BCUT2D eigenvalue weighted by molar-refractivity contribution is 0.0599. The largest absolute Gasteiger partial charge is 0.443 e. The van der Waals surface area contributed by atoms with E-state index in [-0.39, 0.29) is 5.82 Å². The second-order valence-electron chi connectivity index (χ2n) is 5.63. The van der Waals surface area contributed by atoms with E-state index < -0.39 is 11.7 Å². The molecule has 0 N–H and O–H groups in total. The second kappa shape index (κ2) is 5.95. The van der Waals surface area contributed by atoms with Crippen molar-refractivity contribution in [2.45, 2.75) is 26.4 Å². The van der Waals surface area contributed by atoms with Gasteiger partial charge in [0.15, 0.2) is 0 Å². The summed E-state index contributed by atoms with van der Waals surface area (Å²) in [4.78, 5) is 13.9. The molecule has 2 aromatic carbocycles. The van der Waals surface area contributed by atoms with Gasteiger partial charge in [0.25, 0.3) is 0 Å². The zero-order valence-electron chi connectivity index (χ0n) is 12.3. The van der Waals surface area contributed by atoms with E-state index in [1.165, 1.54) is 17.0 Å². The number of anilines is 2. The molecule has 3 nitrogen and oxygen atoms in total. The number of ether oxygens (including phenoxy) is 1. The third-order valence-corrected chi connectivity index (χ3v) is 2.68. The van der Waals surface area contributed by atoms with Crippen LogP contribution in [0.25, 0.3) is 0 Å². The Labute approximate surface area is 124 Å². The highest BCUT2D eigenvalue weighted by atomic mass is 19.1. The fourth-order valence-electron chi connectivity index (χ4n) is 1.83. The number of hydrogen-bond acceptors (Lipinski definition) is 2. The molecule has 110 valence electrons. The van der Waals surface area contributed by atoms with Gasteiger partial charge in [0.1, 0.15) is 11.4 Å². The molecule has 4 heteroatoms. The van der Waals surface area contributed by atoms with E-state index in [0.29, 0.717) is 11.4 Å². The minimum Gasteiger partial charge on any atom is -0.443 e. The van der Waals surface area contributed by atoms with E-state index >= 15 is 0 Å². The highest BCUT2D eigenvalue weighted by molar-refractivity contribution is 5.96. The lowest BCUT2D eigenvalue weighted by Gasteiger charge is -2.27. The quantitative estimate of drug-likeness (QED) is 0.786. The number of para-hydroxylation sites is 1. The monoisotopic (exact) mass is 287 g/mol. The van der Waals surface area contributed by atoms with Crippen molar-refractivity contribution in [3.8, 4) is 0 Å². The van der Waals surface area contributed by atoms with Crippen molar-refractivity contribution in [1.29, 1.82) is 0 Å². The van der Waals surface area contributed by atoms with Gasteiger partial charge >= 0.3 is 6.09 Å². The number of amides is 1. The first-order valence-electron chi connectivity index (χ1n) is 6.70. The number of benzene rings is 2. The van der Waals surface area contributed by atoms with Crippen molar-refractivity contribution in [3.63, 3.8) is 0 Å². The average molecular weight is 287 g/mol. The van der Waals surface area contributed by atoms with E-state index in [4.69, 9.17) is 4.74 Å². The van der Waals surface area contributed by atoms with Crippen molar-refractivity contribution in [1.82, 2.24) is 0 Å². The molecule has 2 rings (SSSR count). The van der Waals surface area contributed by atoms with Crippen LogP contribution in [-0.4, -0.2) is 11.7 Å². The third kappa shape index (κ3) is 4.05. The van der Waals surface area contributed by atoms with E-state index in [2.05, 4.69) is 0 Å². The minimum absolute atomic E-state index is 0.351. The van der Waals surface area contributed by atoms with Gasteiger partial charge in [-0.15, -0.1) is 0 Å². The normalized spacial score (nSPS) is 11.0. The van der Waals surface area contributed by atoms with E-state index in [9.17, 15) is 9.18 Å². The summed E-state index contributed by atoms with van der Waals surface area (Å²) in [6.07, 6.45) is -0.500. The van der Waals surface area contributed by atoms with Gasteiger partial charge in [-0.3, -0.25) is 0 Å². The molecule has 0 aliphatic heterocycles. The maximum atomic E-state index is 13.1. The molecule has 0 saturated heterocycles. The van der Waals surface area contributed by atoms with Crippen LogP contribution in [0.15, 0.2) is 54.6 Å². The lowest BCUT2D eigenvalue weighted by atomic mass is 10.2. The fraction of sp³-hybridized carbons (Fsp3) is 0.235. The maximum Gasteiger partial charge on any atom is 0.419 e. The van der Waals surface area contributed by atoms with Gasteiger partial charge in [-0.25, -0.2) is 14.1 Å². The highest BCUT2D eigenvalue weighted by Crippen LogP contribution is 2.27. The van der Waals surface area contributed by atoms with Crippen molar-refractivity contribution in [2.75, 3.05) is 4.90 Å². The van der Waals surface area contributed by atoms with Gasteiger partial charge in [-0.05, 0) is 57.2 Å². The van der Waals surface area contributed by atoms with Gasteiger partial charge in [-0.2, -0.15) is 0 Å². The average Bonchev–Trinajstić information content (AvgIpc) is 2.40. The van der Waals surface area contributed by atoms with Gasteiger partial charge in [0, 0.05) is 0 Å². The van der Waals surface area contributed by atoms with Gasteiger partial charge in [0.2, 0.25) is 0 Å². The predicted molar refractivity (Wildman–Crippen MR) is 81.2 cm³/mol. The minimum atomic E-state index is -0.607. The third-order valence-electron chi connectivity index (χ3n) is 2.68. The van der Waals surface area contributed by atoms with Crippen LogP contribution in [0.1, 0.15) is 20.8 Å². The van der Waals surface area contributed by atoms with Crippen LogP contribution < -0.4 is 4.90 Å². The number of rotatable bonds is 2. The summed E-state index contributed by atoms with van der Waals surface area (Å²) in [5, 5.41) is 0. The van der Waals surface area contributed by atoms with Gasteiger partial charge in [0.05, 0.1) is 11.4 Å². The Morgan fingerprint density at radius 2 is 1.48 bits per heavy atom. The smallest absolute Gasteiger partial charge is 0.419 e. The van der Waals surface area contributed by atoms with E-state index in [1.54, 1.807) is 45.0 Å². The van der Waals surface area contributed by atoms with Crippen LogP contribution in [0, 0.1) is 5.82 Å². The first-order chi connectivity index (χ1) is 9.87. The molecule has 0 saturated carbocycles. The predicted octanol–water partition coefficient (Wildman–Crippen LogP) is 4.90. The first-order valence-corrected chi connectivity index (χ1v) is 6.70. The molecular formula is C17H18FNO2. The number of carbonyl (C=O) groups is 1. The molecule has 0 unspecified atom stereocenters. The summed E-state index contributed by atoms with van der Waals surface area (Å²) < 4.78 is 18.5. The van der Waals surface area contributed by atoms with Crippen LogP contribution >= 0.6 is 0 Å². The van der Waals surface area contributed by atoms with E-state index in [0.717, 1.165) is 0 Å². The number of carbonyl (C=O) groups excluding carboxylic acids is 1. The molecule has 0 aliphatic carbocycles. The Kier molecular flexibility index (Phi) is 4.26. The Hall–Kier alpha value is -2.36. The van der Waals surface area contributed by atoms with Crippen LogP contribution in [0.2, 0.25) is 0 Å². The Morgan fingerprint density at radius 3 is 2.00 bits per heavy atom. The summed E-state index contributed by atoms with van der Waals surface area (Å²) in [5.74, 6) is -0.351. The standard InChI is InChI=1S/C17H18FNO2/c1-17(2,3)21-16(20)19(14-7-5-4-6-8-14)15-11-9-13(18)10-12-15/h4-12H,1-3H3. The summed E-state index contributed by atoms with van der Waals surface area (Å²) in [5.41, 5.74) is 0.611. The molecule has 0 radical (unpaired) electrons. The van der Waals surface area contributed by atoms with E-state index in [1.807, 2.05) is 18.2 Å². The Balaban J connectivity index is 2.40. The van der Waals surface area contributed by atoms with Crippen molar-refractivity contribution >= 4 is 17.5 Å². The Bertz CT molecular complexity index is 603. The molecule has 0 spiro atoms. The Morgan fingerprint density at radius 1 is 0.952 bits per heavy atom. The molecule has 0 heterocycles. The summed E-state index contributed by atoms with van der Waals surface area (Å²) in [6.45, 7) is 5.41. The van der Waals surface area contributed by atoms with Gasteiger partial charge in [-0.1, -0.05) is 18.2 Å². The van der Waals surface area contributed by atoms with Crippen LogP contribution in [0.3, 0.4) is 0 Å². The van der Waals surface area contributed by atoms with Crippen LogP contribution in [0.5, 0.6) is 0 Å². The molecule has 1 amide bonds. The van der Waals surface area contributed by atoms with Crippen LogP contribution in [0.4, 0.5) is 20.6 Å². The van der Waals surface area contributed by atoms with Gasteiger partial charge < -0.3 is 4.74 Å². The zero-order chi connectivity index (χ0) is 15.5. The van der Waals surface area contributed by atoms with Crippen LogP contribution in [-0.2, 0) is 4.74 Å².